The molecule has 0 aliphatic carbocycles. The summed E-state index contributed by atoms with van der Waals surface area (Å²) in [6, 6.07) is 13.3. The lowest BCUT2D eigenvalue weighted by Gasteiger charge is -2.24. The molecule has 0 unspecified atom stereocenters. The van der Waals surface area contributed by atoms with Crippen LogP contribution in [-0.4, -0.2) is 44.6 Å². The number of aromatic nitrogens is 1. The van der Waals surface area contributed by atoms with Gasteiger partial charge in [0.2, 0.25) is 0 Å². The predicted molar refractivity (Wildman–Crippen MR) is 113 cm³/mol. The van der Waals surface area contributed by atoms with Crippen LogP contribution in [0.15, 0.2) is 42.5 Å². The van der Waals surface area contributed by atoms with Gasteiger partial charge in [0.1, 0.15) is 5.82 Å². The van der Waals surface area contributed by atoms with Crippen molar-refractivity contribution < 1.29 is 18.6 Å². The second kappa shape index (κ2) is 9.39. The normalized spacial score (nSPS) is 15.1. The number of ether oxygens (including phenoxy) is 3. The Labute approximate surface area is 170 Å². The van der Waals surface area contributed by atoms with Gasteiger partial charge in [-0.3, -0.25) is 0 Å². The van der Waals surface area contributed by atoms with Gasteiger partial charge in [0.15, 0.2) is 0 Å². The highest BCUT2D eigenvalue weighted by molar-refractivity contribution is 5.95. The maximum atomic E-state index is 13.7. The van der Waals surface area contributed by atoms with E-state index in [9.17, 15) is 4.39 Å². The Morgan fingerprint density at radius 2 is 2.00 bits per heavy atom. The SMILES string of the molecule is COCCOCc1cc(NC2CCOCC2)c2[nH]c(-c3cccc(F)c3)cc2c1. The van der Waals surface area contributed by atoms with E-state index in [2.05, 4.69) is 28.5 Å². The minimum absolute atomic E-state index is 0.242. The Bertz CT molecular complexity index is 950. The largest absolute Gasteiger partial charge is 0.382 e. The van der Waals surface area contributed by atoms with Gasteiger partial charge in [-0.25, -0.2) is 4.39 Å². The molecule has 2 aromatic carbocycles. The Kier molecular flexibility index (Phi) is 6.44. The van der Waals surface area contributed by atoms with Crippen molar-refractivity contribution >= 4 is 16.6 Å². The van der Waals surface area contributed by atoms with Crippen LogP contribution in [0.1, 0.15) is 18.4 Å². The van der Waals surface area contributed by atoms with Gasteiger partial charge in [-0.15, -0.1) is 0 Å². The Balaban J connectivity index is 1.66. The van der Waals surface area contributed by atoms with Crippen LogP contribution in [0.2, 0.25) is 0 Å². The second-order valence-electron chi connectivity index (χ2n) is 7.38. The first-order valence-corrected chi connectivity index (χ1v) is 10.1. The van der Waals surface area contributed by atoms with Crippen molar-refractivity contribution in [3.05, 3.63) is 53.8 Å². The van der Waals surface area contributed by atoms with Crippen molar-refractivity contribution in [2.24, 2.45) is 0 Å². The zero-order valence-corrected chi connectivity index (χ0v) is 16.7. The molecule has 4 rings (SSSR count). The van der Waals surface area contributed by atoms with E-state index in [0.717, 1.165) is 59.5 Å². The topological polar surface area (TPSA) is 55.5 Å². The van der Waals surface area contributed by atoms with Gasteiger partial charge in [0, 0.05) is 43.0 Å². The molecule has 1 fully saturated rings. The summed E-state index contributed by atoms with van der Waals surface area (Å²) < 4.78 is 30.0. The fourth-order valence-corrected chi connectivity index (χ4v) is 3.71. The summed E-state index contributed by atoms with van der Waals surface area (Å²) in [6.07, 6.45) is 1.96. The first-order valence-electron chi connectivity index (χ1n) is 10.1. The summed E-state index contributed by atoms with van der Waals surface area (Å²) in [5.41, 5.74) is 4.88. The minimum Gasteiger partial charge on any atom is -0.382 e. The third kappa shape index (κ3) is 4.96. The maximum Gasteiger partial charge on any atom is 0.123 e. The first-order chi connectivity index (χ1) is 14.2. The molecule has 1 aliphatic heterocycles. The second-order valence-corrected chi connectivity index (χ2v) is 7.38. The number of aromatic amines is 1. The van der Waals surface area contributed by atoms with Crippen LogP contribution in [0.3, 0.4) is 0 Å². The molecular weight excluding hydrogens is 371 g/mol. The molecule has 0 atom stereocenters. The van der Waals surface area contributed by atoms with Crippen molar-refractivity contribution in [2.45, 2.75) is 25.5 Å². The molecule has 6 heteroatoms. The zero-order valence-electron chi connectivity index (χ0n) is 16.7. The lowest BCUT2D eigenvalue weighted by Crippen LogP contribution is -2.28. The number of hydrogen-bond acceptors (Lipinski definition) is 4. The van der Waals surface area contributed by atoms with Crippen molar-refractivity contribution in [2.75, 3.05) is 38.9 Å². The average molecular weight is 398 g/mol. The summed E-state index contributed by atoms with van der Waals surface area (Å²) in [6.45, 7) is 3.20. The van der Waals surface area contributed by atoms with Gasteiger partial charge in [-0.05, 0) is 48.7 Å². The van der Waals surface area contributed by atoms with Crippen LogP contribution in [0.5, 0.6) is 0 Å². The molecule has 5 nitrogen and oxygen atoms in total. The summed E-state index contributed by atoms with van der Waals surface area (Å²) in [5.74, 6) is -0.242. The van der Waals surface area contributed by atoms with Crippen LogP contribution < -0.4 is 5.32 Å². The third-order valence-corrected chi connectivity index (χ3v) is 5.21. The van der Waals surface area contributed by atoms with E-state index in [0.29, 0.717) is 25.9 Å². The fourth-order valence-electron chi connectivity index (χ4n) is 3.71. The molecular formula is C23H27FN2O3. The number of anilines is 1. The molecule has 2 N–H and O–H groups in total. The summed E-state index contributed by atoms with van der Waals surface area (Å²) in [5, 5.41) is 4.75. The van der Waals surface area contributed by atoms with Crippen molar-refractivity contribution in [3.8, 4) is 11.3 Å². The van der Waals surface area contributed by atoms with Crippen molar-refractivity contribution in [1.82, 2.24) is 4.98 Å². The van der Waals surface area contributed by atoms with Crippen LogP contribution in [0.25, 0.3) is 22.2 Å². The smallest absolute Gasteiger partial charge is 0.123 e. The fraction of sp³-hybridized carbons (Fsp3) is 0.391. The van der Waals surface area contributed by atoms with Crippen molar-refractivity contribution in [3.63, 3.8) is 0 Å². The molecule has 3 aromatic rings. The molecule has 1 saturated heterocycles. The number of methoxy groups -OCH3 is 1. The number of hydrogen-bond donors (Lipinski definition) is 2. The average Bonchev–Trinajstić information content (AvgIpc) is 3.17. The number of halogens is 1. The number of benzene rings is 2. The van der Waals surface area contributed by atoms with E-state index in [-0.39, 0.29) is 5.82 Å². The molecule has 0 saturated carbocycles. The standard InChI is InChI=1S/C23H27FN2O3/c1-27-9-10-29-15-16-11-18-14-21(17-3-2-4-19(24)13-17)26-23(18)22(12-16)25-20-5-7-28-8-6-20/h2-4,11-14,20,25-26H,5-10,15H2,1H3. The Hall–Kier alpha value is -2.41. The Morgan fingerprint density at radius 3 is 2.79 bits per heavy atom. The maximum absolute atomic E-state index is 13.7. The number of rotatable bonds is 8. The number of nitrogens with one attached hydrogen (secondary N) is 2. The highest BCUT2D eigenvalue weighted by Gasteiger charge is 2.16. The van der Waals surface area contributed by atoms with Gasteiger partial charge in [0.05, 0.1) is 31.0 Å². The van der Waals surface area contributed by atoms with Crippen molar-refractivity contribution in [1.29, 1.82) is 0 Å². The number of fused-ring (bicyclic) bond motifs is 1. The molecule has 0 radical (unpaired) electrons. The monoisotopic (exact) mass is 398 g/mol. The van der Waals surface area contributed by atoms with Gasteiger partial charge in [0.25, 0.3) is 0 Å². The van der Waals surface area contributed by atoms with E-state index in [1.165, 1.54) is 6.07 Å². The van der Waals surface area contributed by atoms with E-state index >= 15 is 0 Å². The third-order valence-electron chi connectivity index (χ3n) is 5.21. The molecule has 0 spiro atoms. The van der Waals surface area contributed by atoms with Gasteiger partial charge >= 0.3 is 0 Å². The molecule has 1 aliphatic rings. The van der Waals surface area contributed by atoms with Crippen LogP contribution in [-0.2, 0) is 20.8 Å². The molecule has 29 heavy (non-hydrogen) atoms. The first kappa shape index (κ1) is 19.9. The highest BCUT2D eigenvalue weighted by atomic mass is 19.1. The molecule has 0 bridgehead atoms. The van der Waals surface area contributed by atoms with E-state index < -0.39 is 0 Å². The summed E-state index contributed by atoms with van der Waals surface area (Å²) in [4.78, 5) is 3.48. The summed E-state index contributed by atoms with van der Waals surface area (Å²) >= 11 is 0. The van der Waals surface area contributed by atoms with Crippen LogP contribution in [0.4, 0.5) is 10.1 Å². The van der Waals surface area contributed by atoms with Crippen LogP contribution in [0, 0.1) is 5.82 Å². The van der Waals surface area contributed by atoms with E-state index in [1.807, 2.05) is 6.07 Å². The minimum atomic E-state index is -0.242. The summed E-state index contributed by atoms with van der Waals surface area (Å²) in [7, 11) is 1.67. The van der Waals surface area contributed by atoms with Crippen LogP contribution >= 0.6 is 0 Å². The van der Waals surface area contributed by atoms with E-state index in [1.54, 1.807) is 19.2 Å². The zero-order chi connectivity index (χ0) is 20.1. The van der Waals surface area contributed by atoms with Gasteiger partial charge in [-0.2, -0.15) is 0 Å². The quantitative estimate of drug-likeness (QED) is 0.539. The highest BCUT2D eigenvalue weighted by Crippen LogP contribution is 2.32. The Morgan fingerprint density at radius 1 is 1.14 bits per heavy atom. The van der Waals surface area contributed by atoms with Gasteiger partial charge < -0.3 is 24.5 Å². The predicted octanol–water partition coefficient (Wildman–Crippen LogP) is 4.73. The lowest BCUT2D eigenvalue weighted by molar-refractivity contribution is 0.0617. The molecule has 2 heterocycles. The molecule has 154 valence electrons. The van der Waals surface area contributed by atoms with Gasteiger partial charge in [-0.1, -0.05) is 12.1 Å². The van der Waals surface area contributed by atoms with E-state index in [4.69, 9.17) is 14.2 Å². The lowest BCUT2D eigenvalue weighted by atomic mass is 10.1. The molecule has 1 aromatic heterocycles. The molecule has 0 amide bonds. The number of H-pyrrole nitrogens is 1.